The number of methoxy groups -OCH3 is 3. The highest BCUT2D eigenvalue weighted by Crippen LogP contribution is 2.38. The molecule has 1 fully saturated rings. The minimum Gasteiger partial charge on any atom is -0.493 e. The van der Waals surface area contributed by atoms with Gasteiger partial charge < -0.3 is 24.4 Å². The monoisotopic (exact) mass is 370 g/mol. The molecule has 1 aliphatic heterocycles. The molecule has 0 radical (unpaired) electrons. The number of ether oxygens (including phenoxy) is 3. The van der Waals surface area contributed by atoms with E-state index in [-0.39, 0.29) is 12.3 Å². The first kappa shape index (κ1) is 18.9. The first-order valence-electron chi connectivity index (χ1n) is 9.08. The summed E-state index contributed by atoms with van der Waals surface area (Å²) >= 11 is 0. The molecular weight excluding hydrogens is 344 g/mol. The van der Waals surface area contributed by atoms with Gasteiger partial charge in [-0.25, -0.2) is 0 Å². The summed E-state index contributed by atoms with van der Waals surface area (Å²) in [5.74, 6) is 1.49. The molecule has 0 aromatic heterocycles. The Morgan fingerprint density at radius 1 is 0.963 bits per heavy atom. The van der Waals surface area contributed by atoms with Crippen LogP contribution in [-0.2, 0) is 11.2 Å². The van der Waals surface area contributed by atoms with Gasteiger partial charge in [0.1, 0.15) is 0 Å². The molecule has 0 unspecified atom stereocenters. The number of carbonyl (C=O) groups is 1. The summed E-state index contributed by atoms with van der Waals surface area (Å²) in [6.07, 6.45) is 2.70. The number of benzene rings is 2. The standard InChI is InChI=1S/C21H26N2O4/c1-25-18-12-15(13-19(26-2)21(18)27-3)14-20(24)22-16-6-8-17(9-7-16)23-10-4-5-11-23/h6-9,12-13H,4-5,10-11,14H2,1-3H3,(H,22,24). The summed E-state index contributed by atoms with van der Waals surface area (Å²) in [7, 11) is 4.67. The molecule has 144 valence electrons. The molecule has 0 saturated carbocycles. The van der Waals surface area contributed by atoms with Crippen LogP contribution in [-0.4, -0.2) is 40.3 Å². The van der Waals surface area contributed by atoms with Crippen molar-refractivity contribution in [3.63, 3.8) is 0 Å². The molecule has 1 heterocycles. The zero-order valence-corrected chi connectivity index (χ0v) is 16.1. The maximum absolute atomic E-state index is 12.4. The highest BCUT2D eigenvalue weighted by Gasteiger charge is 2.15. The van der Waals surface area contributed by atoms with Gasteiger partial charge in [0.05, 0.1) is 27.8 Å². The number of rotatable bonds is 7. The first-order chi connectivity index (χ1) is 13.1. The van der Waals surface area contributed by atoms with Gasteiger partial charge in [-0.3, -0.25) is 4.79 Å². The highest BCUT2D eigenvalue weighted by molar-refractivity contribution is 5.92. The predicted octanol–water partition coefficient (Wildman–Crippen LogP) is 3.49. The summed E-state index contributed by atoms with van der Waals surface area (Å²) in [4.78, 5) is 14.8. The summed E-state index contributed by atoms with van der Waals surface area (Å²) in [6.45, 7) is 2.21. The SMILES string of the molecule is COc1cc(CC(=O)Nc2ccc(N3CCCC3)cc2)cc(OC)c1OC. The van der Waals surface area contributed by atoms with Crippen LogP contribution in [0.5, 0.6) is 17.2 Å². The minimum absolute atomic E-state index is 0.0989. The summed E-state index contributed by atoms with van der Waals surface area (Å²) < 4.78 is 16.0. The van der Waals surface area contributed by atoms with Gasteiger partial charge in [0.2, 0.25) is 11.7 Å². The number of carbonyl (C=O) groups excluding carboxylic acids is 1. The molecule has 6 heteroatoms. The van der Waals surface area contributed by atoms with E-state index in [0.29, 0.717) is 17.2 Å². The quantitative estimate of drug-likeness (QED) is 0.808. The fourth-order valence-corrected chi connectivity index (χ4v) is 3.36. The fourth-order valence-electron chi connectivity index (χ4n) is 3.36. The van der Waals surface area contributed by atoms with E-state index >= 15 is 0 Å². The van der Waals surface area contributed by atoms with E-state index in [0.717, 1.165) is 24.3 Å². The smallest absolute Gasteiger partial charge is 0.228 e. The van der Waals surface area contributed by atoms with E-state index in [1.54, 1.807) is 33.5 Å². The van der Waals surface area contributed by atoms with Crippen molar-refractivity contribution in [2.45, 2.75) is 19.3 Å². The van der Waals surface area contributed by atoms with Crippen molar-refractivity contribution in [3.8, 4) is 17.2 Å². The maximum atomic E-state index is 12.4. The van der Waals surface area contributed by atoms with E-state index in [4.69, 9.17) is 14.2 Å². The largest absolute Gasteiger partial charge is 0.493 e. The third kappa shape index (κ3) is 4.45. The molecule has 1 N–H and O–H groups in total. The molecule has 1 saturated heterocycles. The van der Waals surface area contributed by atoms with Gasteiger partial charge in [-0.1, -0.05) is 0 Å². The van der Waals surface area contributed by atoms with Crippen molar-refractivity contribution >= 4 is 17.3 Å². The lowest BCUT2D eigenvalue weighted by molar-refractivity contribution is -0.115. The second-order valence-electron chi connectivity index (χ2n) is 6.50. The van der Waals surface area contributed by atoms with Crippen molar-refractivity contribution in [2.24, 2.45) is 0 Å². The minimum atomic E-state index is -0.0989. The van der Waals surface area contributed by atoms with Crippen LogP contribution in [0.3, 0.4) is 0 Å². The van der Waals surface area contributed by atoms with Gasteiger partial charge in [0.25, 0.3) is 0 Å². The lowest BCUT2D eigenvalue weighted by Gasteiger charge is -2.18. The van der Waals surface area contributed by atoms with Crippen LogP contribution in [0, 0.1) is 0 Å². The van der Waals surface area contributed by atoms with Crippen molar-refractivity contribution in [3.05, 3.63) is 42.0 Å². The number of nitrogens with one attached hydrogen (secondary N) is 1. The highest BCUT2D eigenvalue weighted by atomic mass is 16.5. The molecule has 2 aromatic rings. The number of hydrogen-bond donors (Lipinski definition) is 1. The number of hydrogen-bond acceptors (Lipinski definition) is 5. The Kier molecular flexibility index (Phi) is 6.06. The number of anilines is 2. The summed E-state index contributed by atoms with van der Waals surface area (Å²) in [5.41, 5.74) is 2.78. The van der Waals surface area contributed by atoms with Crippen molar-refractivity contribution < 1.29 is 19.0 Å². The van der Waals surface area contributed by atoms with Crippen LogP contribution < -0.4 is 24.4 Å². The zero-order chi connectivity index (χ0) is 19.2. The number of nitrogens with zero attached hydrogens (tertiary/aromatic N) is 1. The Balaban J connectivity index is 1.66. The Morgan fingerprint density at radius 2 is 1.56 bits per heavy atom. The van der Waals surface area contributed by atoms with Crippen LogP contribution in [0.1, 0.15) is 18.4 Å². The Morgan fingerprint density at radius 3 is 2.07 bits per heavy atom. The summed E-state index contributed by atoms with van der Waals surface area (Å²) in [5, 5.41) is 2.94. The lowest BCUT2D eigenvalue weighted by atomic mass is 10.1. The summed E-state index contributed by atoms with van der Waals surface area (Å²) in [6, 6.07) is 11.6. The molecule has 0 atom stereocenters. The Bertz CT molecular complexity index is 758. The Labute approximate surface area is 160 Å². The molecular formula is C21H26N2O4. The van der Waals surface area contributed by atoms with Crippen LogP contribution in [0.15, 0.2) is 36.4 Å². The van der Waals surface area contributed by atoms with Crippen LogP contribution in [0.2, 0.25) is 0 Å². The molecule has 1 aliphatic rings. The van der Waals surface area contributed by atoms with E-state index in [1.165, 1.54) is 18.5 Å². The molecule has 2 aromatic carbocycles. The van der Waals surface area contributed by atoms with Gasteiger partial charge in [-0.15, -0.1) is 0 Å². The average molecular weight is 370 g/mol. The molecule has 6 nitrogen and oxygen atoms in total. The van der Waals surface area contributed by atoms with Gasteiger partial charge in [-0.2, -0.15) is 0 Å². The van der Waals surface area contributed by atoms with Crippen molar-refractivity contribution in [1.82, 2.24) is 0 Å². The van der Waals surface area contributed by atoms with Crippen LogP contribution in [0.25, 0.3) is 0 Å². The average Bonchev–Trinajstić information content (AvgIpc) is 3.22. The molecule has 0 spiro atoms. The van der Waals surface area contributed by atoms with Gasteiger partial charge in [0, 0.05) is 24.5 Å². The van der Waals surface area contributed by atoms with Crippen LogP contribution >= 0.6 is 0 Å². The van der Waals surface area contributed by atoms with Crippen LogP contribution in [0.4, 0.5) is 11.4 Å². The fraction of sp³-hybridized carbons (Fsp3) is 0.381. The molecule has 0 aliphatic carbocycles. The maximum Gasteiger partial charge on any atom is 0.228 e. The molecule has 1 amide bonds. The molecule has 27 heavy (non-hydrogen) atoms. The topological polar surface area (TPSA) is 60.0 Å². The van der Waals surface area contributed by atoms with Crippen molar-refractivity contribution in [1.29, 1.82) is 0 Å². The third-order valence-corrected chi connectivity index (χ3v) is 4.71. The lowest BCUT2D eigenvalue weighted by Crippen LogP contribution is -2.18. The van der Waals surface area contributed by atoms with Gasteiger partial charge in [-0.05, 0) is 54.8 Å². The van der Waals surface area contributed by atoms with E-state index in [1.807, 2.05) is 12.1 Å². The van der Waals surface area contributed by atoms with Crippen molar-refractivity contribution in [2.75, 3.05) is 44.6 Å². The van der Waals surface area contributed by atoms with Gasteiger partial charge in [0.15, 0.2) is 11.5 Å². The molecule has 3 rings (SSSR count). The third-order valence-electron chi connectivity index (χ3n) is 4.71. The van der Waals surface area contributed by atoms with E-state index < -0.39 is 0 Å². The van der Waals surface area contributed by atoms with E-state index in [2.05, 4.69) is 22.3 Å². The normalized spacial score (nSPS) is 13.4. The zero-order valence-electron chi connectivity index (χ0n) is 16.1. The van der Waals surface area contributed by atoms with Gasteiger partial charge >= 0.3 is 0 Å². The Hall–Kier alpha value is -2.89. The predicted molar refractivity (Wildman–Crippen MR) is 106 cm³/mol. The van der Waals surface area contributed by atoms with E-state index in [9.17, 15) is 4.79 Å². The second-order valence-corrected chi connectivity index (χ2v) is 6.50. The molecule has 0 bridgehead atoms. The first-order valence-corrected chi connectivity index (χ1v) is 9.08. The number of amides is 1. The second kappa shape index (κ2) is 8.66.